The summed E-state index contributed by atoms with van der Waals surface area (Å²) in [5.41, 5.74) is 5.42. The summed E-state index contributed by atoms with van der Waals surface area (Å²) < 4.78 is 6.24. The minimum atomic E-state index is -0.843. The average molecular weight is 453 g/mol. The van der Waals surface area contributed by atoms with Crippen LogP contribution >= 0.6 is 27.5 Å². The van der Waals surface area contributed by atoms with Crippen LogP contribution in [0.25, 0.3) is 0 Å². The molecule has 27 heavy (non-hydrogen) atoms. The largest absolute Gasteiger partial charge is 0.484 e. The first-order valence-corrected chi connectivity index (χ1v) is 9.16. The van der Waals surface area contributed by atoms with Crippen LogP contribution in [0.2, 0.25) is 5.02 Å². The van der Waals surface area contributed by atoms with Crippen molar-refractivity contribution in [2.24, 2.45) is 0 Å². The number of nitrogens with one attached hydrogen (secondary N) is 2. The predicted octanol–water partition coefficient (Wildman–Crippen LogP) is 2.43. The molecule has 0 aliphatic carbocycles. The number of carbonyl (C=O) groups excluding carboxylic acids is 3. The van der Waals surface area contributed by atoms with Crippen LogP contribution in [0.5, 0.6) is 5.75 Å². The van der Waals surface area contributed by atoms with Gasteiger partial charge in [-0.25, -0.2) is 10.3 Å². The summed E-state index contributed by atoms with van der Waals surface area (Å²) in [7, 11) is 0. The summed E-state index contributed by atoms with van der Waals surface area (Å²) in [5.74, 6) is -0.742. The van der Waals surface area contributed by atoms with E-state index in [0.29, 0.717) is 16.5 Å². The number of hydrazine groups is 1. The van der Waals surface area contributed by atoms with E-state index in [2.05, 4.69) is 26.8 Å². The summed E-state index contributed by atoms with van der Waals surface area (Å²) in [6.45, 7) is -0.232. The normalized spacial score (nSPS) is 16.5. The lowest BCUT2D eigenvalue weighted by Gasteiger charge is -2.16. The molecule has 0 aromatic heterocycles. The van der Waals surface area contributed by atoms with Gasteiger partial charge in [0.25, 0.3) is 11.8 Å². The second-order valence-electron chi connectivity index (χ2n) is 5.74. The number of anilines is 1. The van der Waals surface area contributed by atoms with Gasteiger partial charge >= 0.3 is 0 Å². The highest BCUT2D eigenvalue weighted by molar-refractivity contribution is 9.10. The van der Waals surface area contributed by atoms with Crippen LogP contribution in [0.3, 0.4) is 0 Å². The maximum absolute atomic E-state index is 12.4. The number of benzene rings is 2. The Bertz CT molecular complexity index is 858. The van der Waals surface area contributed by atoms with Crippen molar-refractivity contribution in [3.8, 4) is 5.75 Å². The van der Waals surface area contributed by atoms with E-state index in [-0.39, 0.29) is 18.9 Å². The number of nitrogens with zero attached hydrogens (tertiary/aromatic N) is 1. The van der Waals surface area contributed by atoms with Gasteiger partial charge in [-0.15, -0.1) is 0 Å². The Labute approximate surface area is 168 Å². The fourth-order valence-electron chi connectivity index (χ4n) is 2.49. The Morgan fingerprint density at radius 3 is 2.48 bits per heavy atom. The Morgan fingerprint density at radius 2 is 1.81 bits per heavy atom. The minimum Gasteiger partial charge on any atom is -0.484 e. The smallest absolute Gasteiger partial charge is 0.272 e. The molecule has 2 N–H and O–H groups in total. The first kappa shape index (κ1) is 19.3. The number of ether oxygens (including phenoxy) is 1. The van der Waals surface area contributed by atoms with E-state index in [1.807, 2.05) is 0 Å². The third-order valence-corrected chi connectivity index (χ3v) is 4.58. The fourth-order valence-corrected chi connectivity index (χ4v) is 2.88. The monoisotopic (exact) mass is 451 g/mol. The quantitative estimate of drug-likeness (QED) is 0.519. The summed E-state index contributed by atoms with van der Waals surface area (Å²) in [6, 6.07) is 12.5. The van der Waals surface area contributed by atoms with Crippen molar-refractivity contribution in [1.82, 2.24) is 10.9 Å². The number of carbonyl (C=O) groups is 3. The molecule has 0 bridgehead atoms. The third kappa shape index (κ3) is 4.85. The third-order valence-electron chi connectivity index (χ3n) is 3.80. The molecule has 2 aromatic rings. The number of hydrogen-bond donors (Lipinski definition) is 2. The van der Waals surface area contributed by atoms with E-state index in [9.17, 15) is 14.4 Å². The minimum absolute atomic E-state index is 0.0602. The molecule has 0 spiro atoms. The molecule has 0 radical (unpaired) electrons. The van der Waals surface area contributed by atoms with Gasteiger partial charge < -0.3 is 4.74 Å². The van der Waals surface area contributed by atoms with Crippen LogP contribution in [-0.4, -0.2) is 30.4 Å². The SMILES string of the molecule is O=C(COc1ccc(Br)cc1)NNC1CC(=O)N(c2ccc(Cl)cc2)C1=O. The van der Waals surface area contributed by atoms with E-state index >= 15 is 0 Å². The Morgan fingerprint density at radius 1 is 1.15 bits per heavy atom. The molecule has 1 atom stereocenters. The molecule has 1 unspecified atom stereocenters. The van der Waals surface area contributed by atoms with Gasteiger partial charge in [-0.3, -0.25) is 19.8 Å². The molecular formula is C18H15BrClN3O4. The van der Waals surface area contributed by atoms with Gasteiger partial charge in [0.05, 0.1) is 12.1 Å². The molecular weight excluding hydrogens is 438 g/mol. The molecule has 140 valence electrons. The van der Waals surface area contributed by atoms with Crippen molar-refractivity contribution in [1.29, 1.82) is 0 Å². The lowest BCUT2D eigenvalue weighted by atomic mass is 10.2. The van der Waals surface area contributed by atoms with Crippen molar-refractivity contribution in [2.75, 3.05) is 11.5 Å². The summed E-state index contributed by atoms with van der Waals surface area (Å²) >= 11 is 9.13. The molecule has 3 amide bonds. The summed E-state index contributed by atoms with van der Waals surface area (Å²) in [6.07, 6.45) is -0.0602. The first-order chi connectivity index (χ1) is 12.9. The zero-order valence-corrected chi connectivity index (χ0v) is 16.3. The topological polar surface area (TPSA) is 87.7 Å². The number of hydrogen-bond acceptors (Lipinski definition) is 5. The average Bonchev–Trinajstić information content (AvgIpc) is 2.94. The van der Waals surface area contributed by atoms with Gasteiger partial charge in [0.2, 0.25) is 5.91 Å². The van der Waals surface area contributed by atoms with Gasteiger partial charge in [-0.2, -0.15) is 0 Å². The number of rotatable bonds is 6. The van der Waals surface area contributed by atoms with E-state index in [4.69, 9.17) is 16.3 Å². The van der Waals surface area contributed by atoms with E-state index in [1.54, 1.807) is 48.5 Å². The zero-order chi connectivity index (χ0) is 19.4. The first-order valence-electron chi connectivity index (χ1n) is 7.99. The van der Waals surface area contributed by atoms with E-state index in [0.717, 1.165) is 9.37 Å². The predicted molar refractivity (Wildman–Crippen MR) is 103 cm³/mol. The number of halogens is 2. The van der Waals surface area contributed by atoms with Gasteiger partial charge in [0, 0.05) is 9.50 Å². The highest BCUT2D eigenvalue weighted by Gasteiger charge is 2.39. The van der Waals surface area contributed by atoms with Crippen molar-refractivity contribution in [3.05, 3.63) is 58.0 Å². The van der Waals surface area contributed by atoms with Crippen LogP contribution in [0, 0.1) is 0 Å². The lowest BCUT2D eigenvalue weighted by molar-refractivity contribution is -0.125. The van der Waals surface area contributed by atoms with E-state index in [1.165, 1.54) is 0 Å². The van der Waals surface area contributed by atoms with Gasteiger partial charge in [-0.05, 0) is 48.5 Å². The summed E-state index contributed by atoms with van der Waals surface area (Å²) in [5, 5.41) is 0.505. The number of amides is 3. The van der Waals surface area contributed by atoms with Crippen molar-refractivity contribution < 1.29 is 19.1 Å². The van der Waals surface area contributed by atoms with Gasteiger partial charge in [-0.1, -0.05) is 27.5 Å². The molecule has 3 rings (SSSR count). The zero-order valence-electron chi connectivity index (χ0n) is 13.9. The van der Waals surface area contributed by atoms with Crippen molar-refractivity contribution in [3.63, 3.8) is 0 Å². The van der Waals surface area contributed by atoms with Gasteiger partial charge in [0.1, 0.15) is 11.8 Å². The van der Waals surface area contributed by atoms with Crippen LogP contribution in [0.4, 0.5) is 5.69 Å². The van der Waals surface area contributed by atoms with Crippen LogP contribution in [0.15, 0.2) is 53.0 Å². The number of imide groups is 1. The molecule has 0 saturated carbocycles. The fraction of sp³-hybridized carbons (Fsp3) is 0.167. The maximum atomic E-state index is 12.4. The standard InChI is InChI=1S/C18H15BrClN3O4/c19-11-1-7-14(8-2-11)27-10-16(24)22-21-15-9-17(25)23(18(15)26)13-5-3-12(20)4-6-13/h1-8,15,21H,9-10H2,(H,22,24). The van der Waals surface area contributed by atoms with Crippen molar-refractivity contribution >= 4 is 50.9 Å². The molecule has 7 nitrogen and oxygen atoms in total. The maximum Gasteiger partial charge on any atom is 0.272 e. The molecule has 9 heteroatoms. The van der Waals surface area contributed by atoms with Gasteiger partial charge in [0.15, 0.2) is 6.61 Å². The summed E-state index contributed by atoms with van der Waals surface area (Å²) in [4.78, 5) is 37.6. The highest BCUT2D eigenvalue weighted by atomic mass is 79.9. The Hall–Kier alpha value is -2.42. The molecule has 1 heterocycles. The molecule has 1 fully saturated rings. The van der Waals surface area contributed by atoms with E-state index < -0.39 is 17.9 Å². The van der Waals surface area contributed by atoms with Crippen LogP contribution < -0.4 is 20.5 Å². The second-order valence-corrected chi connectivity index (χ2v) is 7.09. The lowest BCUT2D eigenvalue weighted by Crippen LogP contribution is -2.49. The van der Waals surface area contributed by atoms with Crippen LogP contribution in [-0.2, 0) is 14.4 Å². The van der Waals surface area contributed by atoms with Crippen molar-refractivity contribution in [2.45, 2.75) is 12.5 Å². The second kappa shape index (κ2) is 8.51. The molecule has 2 aromatic carbocycles. The molecule has 1 aliphatic rings. The Balaban J connectivity index is 1.51. The Kier molecular flexibility index (Phi) is 6.10. The highest BCUT2D eigenvalue weighted by Crippen LogP contribution is 2.24. The molecule has 1 saturated heterocycles. The molecule has 1 aliphatic heterocycles. The van der Waals surface area contributed by atoms with Crippen LogP contribution in [0.1, 0.15) is 6.42 Å².